The molecule has 3 heterocycles. The van der Waals surface area contributed by atoms with Gasteiger partial charge in [0.1, 0.15) is 66.5 Å². The number of urea groups is 2. The molecule has 0 radical (unpaired) electrons. The molecule has 2 aliphatic rings. The molecule has 23 N–H and O–H groups in total. The monoisotopic (exact) mass is 1510 g/mol. The third-order valence-electron chi connectivity index (χ3n) is 18.4. The van der Waals surface area contributed by atoms with E-state index in [1.165, 1.54) is 26.4 Å². The predicted octanol–water partition coefficient (Wildman–Crippen LogP) is -4.40. The number of aliphatic hydroxyl groups excluding tert-OH is 2. The maximum absolute atomic E-state index is 15.2. The van der Waals surface area contributed by atoms with E-state index in [9.17, 15) is 67.7 Å². The average molecular weight is 1510 g/mol. The molecule has 37 nitrogen and oxygen atoms in total. The summed E-state index contributed by atoms with van der Waals surface area (Å²) in [7, 11) is 0. The van der Waals surface area contributed by atoms with E-state index in [0.717, 1.165) is 11.8 Å². The Morgan fingerprint density at radius 3 is 1.39 bits per heavy atom. The molecule has 0 bridgehead atoms. The Balaban J connectivity index is 1.64. The molecule has 0 saturated carbocycles. The van der Waals surface area contributed by atoms with Gasteiger partial charge in [-0.15, -0.1) is 0 Å². The van der Waals surface area contributed by atoms with Crippen molar-refractivity contribution < 1.29 is 82.1 Å². The third-order valence-corrected chi connectivity index (χ3v) is 18.4. The molecule has 5 rings (SSSR count). The number of hydrogen-bond donors (Lipinski definition) is 20. The predicted molar refractivity (Wildman–Crippen MR) is 391 cm³/mol. The van der Waals surface area contributed by atoms with Crippen molar-refractivity contribution in [1.82, 2.24) is 89.3 Å². The van der Waals surface area contributed by atoms with Gasteiger partial charge in [-0.2, -0.15) is 0 Å². The van der Waals surface area contributed by atoms with Gasteiger partial charge in [0, 0.05) is 50.8 Å². The molecule has 2 aliphatic heterocycles. The average Bonchev–Trinajstić information content (AvgIpc) is 1.59. The second-order valence-electron chi connectivity index (χ2n) is 27.9. The Labute approximate surface area is 626 Å². The zero-order valence-electron chi connectivity index (χ0n) is 62.4. The van der Waals surface area contributed by atoms with E-state index >= 15 is 14.4 Å². The van der Waals surface area contributed by atoms with Crippen LogP contribution in [0.25, 0.3) is 0 Å². The number of carbonyl (C=O) groups excluding carboxylic acids is 15. The van der Waals surface area contributed by atoms with Gasteiger partial charge < -0.3 is 106 Å². The highest BCUT2D eigenvalue weighted by atomic mass is 16.3. The van der Waals surface area contributed by atoms with Crippen LogP contribution in [0.3, 0.4) is 0 Å². The summed E-state index contributed by atoms with van der Waals surface area (Å²) >= 11 is 0. The zero-order chi connectivity index (χ0) is 80.1. The van der Waals surface area contributed by atoms with Gasteiger partial charge in [0.25, 0.3) is 0 Å². The fourth-order valence-corrected chi connectivity index (χ4v) is 12.2. The van der Waals surface area contributed by atoms with E-state index in [1.54, 1.807) is 102 Å². The van der Waals surface area contributed by atoms with Crippen LogP contribution in [0.2, 0.25) is 0 Å². The lowest BCUT2D eigenvalue weighted by Crippen LogP contribution is -2.64. The number of hydrogen-bond acceptors (Lipinski definition) is 19. The van der Waals surface area contributed by atoms with E-state index < -0.39 is 204 Å². The number of nitrogens with two attached hydrogens (primary N) is 3. The SMILES string of the molecule is CC[C@H](C)[C@@H]1N[C@H](CC(N)=O)NC(=O)[C@H](CCCNC(N)=O)NC(=O)[C@H](Cc2ccccc2)NC(=O)[C@H](Cc2ccccc2)NC(=O)[C@H](Cc2cnc[nH]2)NC(=O)[C@H](C(C)C)NC(=O)[C@@H]2CCCN2C(=O)[C@H]([C@@H](C)O)NC(=O)[C@H](CCCNC(N)=O)NC(=O)[C@H](C)NC(=O)[C@H]([C@@H](C)O)NC(=O)[C@H](C(C)C)NC1=O. The fourth-order valence-electron chi connectivity index (χ4n) is 12.2. The lowest BCUT2D eigenvalue weighted by molar-refractivity contribution is -0.145. The molecule has 2 saturated heterocycles. The van der Waals surface area contributed by atoms with Gasteiger partial charge in [-0.3, -0.25) is 67.6 Å². The smallest absolute Gasteiger partial charge is 0.312 e. The maximum atomic E-state index is 15.2. The summed E-state index contributed by atoms with van der Waals surface area (Å²) in [5.74, 6) is -14.5. The van der Waals surface area contributed by atoms with Crippen LogP contribution in [0.4, 0.5) is 9.59 Å². The van der Waals surface area contributed by atoms with E-state index in [1.807, 2.05) is 0 Å². The largest absolute Gasteiger partial charge is 0.391 e. The molecule has 0 spiro atoms. The second kappa shape index (κ2) is 43.1. The Morgan fingerprint density at radius 1 is 0.509 bits per heavy atom. The van der Waals surface area contributed by atoms with Gasteiger partial charge in [0.15, 0.2) is 0 Å². The van der Waals surface area contributed by atoms with E-state index in [-0.39, 0.29) is 83.8 Å². The highest BCUT2D eigenvalue weighted by Gasteiger charge is 2.43. The molecule has 16 atom stereocenters. The van der Waals surface area contributed by atoms with Crippen molar-refractivity contribution in [2.24, 2.45) is 35.0 Å². The minimum atomic E-state index is -1.81. The number of benzene rings is 2. The topological polar surface area (TPSA) is 575 Å². The van der Waals surface area contributed by atoms with Crippen LogP contribution in [0.5, 0.6) is 0 Å². The molecule has 37 heteroatoms. The van der Waals surface area contributed by atoms with Crippen molar-refractivity contribution in [2.75, 3.05) is 19.6 Å². The standard InChI is InChI=1S/C71H108N20O17/c1-10-38(6)55-67(104)88-54(37(4)5)66(103)89-56(40(8)92)68(105)79-39(7)58(95)80-46(25-18-28-77-71(74)108)60(97)90-57(41(9)93)69(106)91-29-19-26-50(91)64(101)87-53(36(2)3)65(102)84-49(32-44-34-75-35-78-44)63(100)83-48(31-43-22-15-12-16-23-43)62(99)82-47(30-42-20-13-11-14-21-42)61(98)81-45(24-17-27-76-70(73)107)59(96)86-52(85-55)33-51(72)94/h11-16,20-23,34-41,45-50,52-57,85,92-93H,10,17-19,24-33H2,1-9H3,(H2,72,94)(H,75,78)(H,79,105)(H,80,95)(H,81,98)(H,82,99)(H,83,100)(H,84,102)(H,86,96)(H,87,101)(H,88,104)(H,89,103)(H,90,97)(H3,73,76,107)(H3,74,77,108)/t38-,39-,40+,41+,45-,46-,47-,48-,49-,50-,52-,53-,54-,55-,56-,57-/m0/s1. The number of fused-ring (bicyclic) bond motifs is 1. The first-order valence-corrected chi connectivity index (χ1v) is 36.3. The highest BCUT2D eigenvalue weighted by molar-refractivity contribution is 6.00. The molecular weight excluding hydrogens is 1400 g/mol. The van der Waals surface area contributed by atoms with Crippen molar-refractivity contribution >= 4 is 88.9 Å². The van der Waals surface area contributed by atoms with E-state index in [2.05, 4.69) is 84.4 Å². The van der Waals surface area contributed by atoms with Crippen LogP contribution < -0.4 is 91.6 Å². The van der Waals surface area contributed by atoms with Gasteiger partial charge in [-0.05, 0) is 88.2 Å². The lowest BCUT2D eigenvalue weighted by Gasteiger charge is -2.33. The zero-order valence-corrected chi connectivity index (χ0v) is 62.4. The van der Waals surface area contributed by atoms with E-state index in [4.69, 9.17) is 17.2 Å². The normalized spacial score (nSPS) is 25.9. The van der Waals surface area contributed by atoms with Crippen LogP contribution in [0.1, 0.15) is 131 Å². The summed E-state index contributed by atoms with van der Waals surface area (Å²) < 4.78 is 0. The molecule has 594 valence electrons. The summed E-state index contributed by atoms with van der Waals surface area (Å²) in [6.07, 6.45) is -3.40. The Hall–Kier alpha value is -10.8. The minimum absolute atomic E-state index is 0.00890. The van der Waals surface area contributed by atoms with Crippen LogP contribution in [-0.4, -0.2) is 224 Å². The molecule has 17 amide bonds. The molecular formula is C71H108N20O17. The second-order valence-corrected chi connectivity index (χ2v) is 27.9. The number of primary amides is 3. The van der Waals surface area contributed by atoms with Gasteiger partial charge >= 0.3 is 12.1 Å². The molecule has 0 aliphatic carbocycles. The van der Waals surface area contributed by atoms with Crippen molar-refractivity contribution in [2.45, 2.75) is 224 Å². The Kier molecular flexibility index (Phi) is 35.0. The molecule has 2 fully saturated rings. The van der Waals surface area contributed by atoms with Crippen LogP contribution in [-0.2, 0) is 81.6 Å². The van der Waals surface area contributed by atoms with Gasteiger partial charge in [-0.25, -0.2) is 14.6 Å². The summed E-state index contributed by atoms with van der Waals surface area (Å²) in [5.41, 5.74) is 17.8. The molecule has 2 aromatic carbocycles. The number of aromatic nitrogens is 2. The van der Waals surface area contributed by atoms with E-state index in [0.29, 0.717) is 16.8 Å². The summed E-state index contributed by atoms with van der Waals surface area (Å²) in [5, 5.41) is 58.8. The van der Waals surface area contributed by atoms with Crippen molar-refractivity contribution in [3.8, 4) is 0 Å². The molecule has 108 heavy (non-hydrogen) atoms. The number of imidazole rings is 1. The number of amides is 17. The first-order valence-electron chi connectivity index (χ1n) is 36.3. The first kappa shape index (κ1) is 87.8. The Bertz CT molecular complexity index is 3570. The maximum Gasteiger partial charge on any atom is 0.312 e. The Morgan fingerprint density at radius 2 is 0.926 bits per heavy atom. The minimum Gasteiger partial charge on any atom is -0.391 e. The van der Waals surface area contributed by atoms with Gasteiger partial charge in [0.2, 0.25) is 76.8 Å². The van der Waals surface area contributed by atoms with Gasteiger partial charge in [-0.1, -0.05) is 109 Å². The van der Waals surface area contributed by atoms with Crippen LogP contribution in [0.15, 0.2) is 73.2 Å². The summed E-state index contributed by atoms with van der Waals surface area (Å²) in [4.78, 5) is 220. The van der Waals surface area contributed by atoms with Crippen LogP contribution >= 0.6 is 0 Å². The van der Waals surface area contributed by atoms with Crippen molar-refractivity contribution in [3.05, 3.63) is 90.0 Å². The highest BCUT2D eigenvalue weighted by Crippen LogP contribution is 2.22. The van der Waals surface area contributed by atoms with Crippen molar-refractivity contribution in [3.63, 3.8) is 0 Å². The van der Waals surface area contributed by atoms with Gasteiger partial charge in [0.05, 0.1) is 37.2 Å². The first-order chi connectivity index (χ1) is 51.1. The molecule has 0 unspecified atom stereocenters. The van der Waals surface area contributed by atoms with Crippen LogP contribution in [0, 0.1) is 17.8 Å². The number of aromatic amines is 1. The fraction of sp³-hybridized carbons (Fsp3) is 0.577. The molecule has 3 aromatic rings. The number of aliphatic hydroxyl groups is 2. The quantitative estimate of drug-likeness (QED) is 0.0422. The number of carbonyl (C=O) groups is 15. The molecule has 1 aromatic heterocycles. The number of rotatable bonds is 22. The lowest BCUT2D eigenvalue weighted by atomic mass is 9.95. The third kappa shape index (κ3) is 27.8. The summed E-state index contributed by atoms with van der Waals surface area (Å²) in [6.45, 7) is 13.0. The van der Waals surface area contributed by atoms with Crippen molar-refractivity contribution in [1.29, 1.82) is 0 Å². The number of H-pyrrole nitrogens is 1. The summed E-state index contributed by atoms with van der Waals surface area (Å²) in [6, 6.07) is -3.32. The number of nitrogens with one attached hydrogen (secondary N) is 15. The number of nitrogens with zero attached hydrogens (tertiary/aromatic N) is 2.